The van der Waals surface area contributed by atoms with Gasteiger partial charge in [0.2, 0.25) is 5.84 Å². The zero-order chi connectivity index (χ0) is 9.68. The van der Waals surface area contributed by atoms with E-state index in [2.05, 4.69) is 12.1 Å². The third-order valence-electron chi connectivity index (χ3n) is 1.89. The Balaban J connectivity index is 2.77. The maximum absolute atomic E-state index is 8.46. The van der Waals surface area contributed by atoms with Gasteiger partial charge in [-0.3, -0.25) is 0 Å². The average Bonchev–Trinajstić information content (AvgIpc) is 2.61. The summed E-state index contributed by atoms with van der Waals surface area (Å²) in [6, 6.07) is 1.85. The molecule has 1 aromatic rings. The molecule has 0 aromatic carbocycles. The molecule has 0 fully saturated rings. The van der Waals surface area contributed by atoms with Crippen molar-refractivity contribution in [3.8, 4) is 0 Å². The summed E-state index contributed by atoms with van der Waals surface area (Å²) < 4.78 is 5.10. The maximum Gasteiger partial charge on any atom is 0.206 e. The van der Waals surface area contributed by atoms with Gasteiger partial charge in [-0.15, -0.1) is 0 Å². The second-order valence-electron chi connectivity index (χ2n) is 2.86. The number of oxime groups is 1. The number of amidine groups is 1. The number of furan rings is 1. The fourth-order valence-electron chi connectivity index (χ4n) is 1.17. The number of rotatable bonds is 4. The van der Waals surface area contributed by atoms with Crippen molar-refractivity contribution in [3.63, 3.8) is 0 Å². The second kappa shape index (κ2) is 4.54. The smallest absolute Gasteiger partial charge is 0.206 e. The molecule has 3 N–H and O–H groups in total. The lowest BCUT2D eigenvalue weighted by Crippen LogP contribution is -2.13. The van der Waals surface area contributed by atoms with Gasteiger partial charge in [-0.2, -0.15) is 0 Å². The Morgan fingerprint density at radius 3 is 3.08 bits per heavy atom. The molecule has 0 bridgehead atoms. The van der Waals surface area contributed by atoms with E-state index in [1.165, 1.54) is 0 Å². The van der Waals surface area contributed by atoms with Gasteiger partial charge in [-0.05, 0) is 18.9 Å². The maximum atomic E-state index is 8.46. The van der Waals surface area contributed by atoms with Crippen molar-refractivity contribution in [3.05, 3.63) is 23.7 Å². The Hall–Kier alpha value is -1.45. The summed E-state index contributed by atoms with van der Waals surface area (Å²) >= 11 is 0. The van der Waals surface area contributed by atoms with Gasteiger partial charge in [0.05, 0.1) is 6.26 Å². The van der Waals surface area contributed by atoms with Gasteiger partial charge in [0.25, 0.3) is 0 Å². The first-order valence-electron chi connectivity index (χ1n) is 4.33. The van der Waals surface area contributed by atoms with E-state index < -0.39 is 0 Å². The second-order valence-corrected chi connectivity index (χ2v) is 2.86. The third kappa shape index (κ3) is 2.24. The lowest BCUT2D eigenvalue weighted by atomic mass is 10.1. The Labute approximate surface area is 77.0 Å². The number of hydrogen-bond acceptors (Lipinski definition) is 3. The Kier molecular flexibility index (Phi) is 3.37. The van der Waals surface area contributed by atoms with E-state index in [1.807, 2.05) is 6.07 Å². The average molecular weight is 182 g/mol. The van der Waals surface area contributed by atoms with Crippen LogP contribution in [0.25, 0.3) is 0 Å². The highest BCUT2D eigenvalue weighted by Crippen LogP contribution is 2.13. The lowest BCUT2D eigenvalue weighted by molar-refractivity contribution is 0.317. The molecule has 1 aromatic heterocycles. The molecular weight excluding hydrogens is 168 g/mol. The molecule has 0 aliphatic heterocycles. The zero-order valence-electron chi connectivity index (χ0n) is 7.66. The summed E-state index contributed by atoms with van der Waals surface area (Å²) in [5.41, 5.74) is 6.41. The summed E-state index contributed by atoms with van der Waals surface area (Å²) in [6.07, 6.45) is 4.64. The molecule has 0 aliphatic carbocycles. The molecule has 0 radical (unpaired) electrons. The van der Waals surface area contributed by atoms with Crippen molar-refractivity contribution in [2.75, 3.05) is 0 Å². The lowest BCUT2D eigenvalue weighted by Gasteiger charge is -1.98. The van der Waals surface area contributed by atoms with Gasteiger partial charge in [0.15, 0.2) is 5.76 Å². The van der Waals surface area contributed by atoms with Gasteiger partial charge in [0, 0.05) is 5.56 Å². The number of hydrogen-bond donors (Lipinski definition) is 2. The zero-order valence-corrected chi connectivity index (χ0v) is 7.66. The summed E-state index contributed by atoms with van der Waals surface area (Å²) in [6.45, 7) is 2.11. The van der Waals surface area contributed by atoms with Crippen LogP contribution < -0.4 is 5.73 Å². The molecule has 0 spiro atoms. The summed E-state index contributed by atoms with van der Waals surface area (Å²) in [7, 11) is 0. The number of nitrogens with zero attached hydrogens (tertiary/aromatic N) is 1. The van der Waals surface area contributed by atoms with Crippen molar-refractivity contribution >= 4 is 5.84 Å². The monoisotopic (exact) mass is 182 g/mol. The molecular formula is C9H14N2O2. The molecule has 1 heterocycles. The minimum Gasteiger partial charge on any atom is -0.461 e. The van der Waals surface area contributed by atoms with E-state index >= 15 is 0 Å². The highest BCUT2D eigenvalue weighted by Gasteiger charge is 2.09. The minimum absolute atomic E-state index is 0.0381. The standard InChI is InChI=1S/C9H14N2O2/c1-2-3-4-7-5-6-13-8(7)9(10)11-12/h5-6,12H,2-4H2,1H3,(H2,10,11). The molecule has 0 saturated carbocycles. The normalized spacial score (nSPS) is 11.9. The van der Waals surface area contributed by atoms with Crippen LogP contribution in [0.2, 0.25) is 0 Å². The van der Waals surface area contributed by atoms with Crippen LogP contribution in [-0.2, 0) is 6.42 Å². The van der Waals surface area contributed by atoms with E-state index in [4.69, 9.17) is 15.4 Å². The Bertz CT molecular complexity index is 292. The van der Waals surface area contributed by atoms with Crippen LogP contribution in [0.15, 0.2) is 21.9 Å². The number of aryl methyl sites for hydroxylation is 1. The minimum atomic E-state index is 0.0381. The number of unbranched alkanes of at least 4 members (excludes halogenated alkanes) is 1. The Morgan fingerprint density at radius 1 is 1.69 bits per heavy atom. The molecule has 0 atom stereocenters. The third-order valence-corrected chi connectivity index (χ3v) is 1.89. The van der Waals surface area contributed by atoms with E-state index in [0.717, 1.165) is 24.8 Å². The molecule has 13 heavy (non-hydrogen) atoms. The van der Waals surface area contributed by atoms with Crippen LogP contribution in [-0.4, -0.2) is 11.0 Å². The van der Waals surface area contributed by atoms with Crippen LogP contribution in [0.5, 0.6) is 0 Å². The highest BCUT2D eigenvalue weighted by molar-refractivity contribution is 5.95. The molecule has 0 saturated heterocycles. The largest absolute Gasteiger partial charge is 0.461 e. The van der Waals surface area contributed by atoms with Crippen molar-refractivity contribution < 1.29 is 9.62 Å². The first kappa shape index (κ1) is 9.64. The molecule has 72 valence electrons. The van der Waals surface area contributed by atoms with Crippen LogP contribution in [0.3, 0.4) is 0 Å². The topological polar surface area (TPSA) is 71.8 Å². The van der Waals surface area contributed by atoms with Gasteiger partial charge in [-0.1, -0.05) is 18.5 Å². The molecule has 0 amide bonds. The molecule has 1 rings (SSSR count). The number of nitrogens with two attached hydrogens (primary N) is 1. The first-order chi connectivity index (χ1) is 6.29. The Morgan fingerprint density at radius 2 is 2.46 bits per heavy atom. The van der Waals surface area contributed by atoms with Crippen LogP contribution in [0.4, 0.5) is 0 Å². The highest BCUT2D eigenvalue weighted by atomic mass is 16.4. The van der Waals surface area contributed by atoms with Crippen molar-refractivity contribution in [1.29, 1.82) is 0 Å². The van der Waals surface area contributed by atoms with Crippen molar-refractivity contribution in [2.24, 2.45) is 10.9 Å². The quantitative estimate of drug-likeness (QED) is 0.322. The van der Waals surface area contributed by atoms with Crippen LogP contribution in [0.1, 0.15) is 31.1 Å². The summed E-state index contributed by atoms with van der Waals surface area (Å²) in [5.74, 6) is 0.520. The molecule has 4 heteroatoms. The van der Waals surface area contributed by atoms with Gasteiger partial charge >= 0.3 is 0 Å². The van der Waals surface area contributed by atoms with E-state index in [1.54, 1.807) is 6.26 Å². The van der Waals surface area contributed by atoms with E-state index in [9.17, 15) is 0 Å². The first-order valence-corrected chi connectivity index (χ1v) is 4.33. The van der Waals surface area contributed by atoms with E-state index in [-0.39, 0.29) is 5.84 Å². The van der Waals surface area contributed by atoms with Gasteiger partial charge < -0.3 is 15.4 Å². The fourth-order valence-corrected chi connectivity index (χ4v) is 1.17. The van der Waals surface area contributed by atoms with Crippen molar-refractivity contribution in [2.45, 2.75) is 26.2 Å². The fraction of sp³-hybridized carbons (Fsp3) is 0.444. The predicted octanol–water partition coefficient (Wildman–Crippen LogP) is 1.72. The molecule has 0 unspecified atom stereocenters. The van der Waals surface area contributed by atoms with Crippen LogP contribution in [0, 0.1) is 0 Å². The van der Waals surface area contributed by atoms with Crippen molar-refractivity contribution in [1.82, 2.24) is 0 Å². The van der Waals surface area contributed by atoms with Gasteiger partial charge in [-0.25, -0.2) is 0 Å². The summed E-state index contributed by atoms with van der Waals surface area (Å²) in [5, 5.41) is 11.4. The molecule has 4 nitrogen and oxygen atoms in total. The van der Waals surface area contributed by atoms with E-state index in [0.29, 0.717) is 5.76 Å². The van der Waals surface area contributed by atoms with Crippen LogP contribution >= 0.6 is 0 Å². The predicted molar refractivity (Wildman–Crippen MR) is 49.8 cm³/mol. The summed E-state index contributed by atoms with van der Waals surface area (Å²) in [4.78, 5) is 0. The van der Waals surface area contributed by atoms with Gasteiger partial charge in [0.1, 0.15) is 0 Å². The SMILES string of the molecule is CCCCc1ccoc1/C(N)=N/O. The molecule has 0 aliphatic rings.